The molecule has 0 spiro atoms. The molecule has 2 atom stereocenters. The van der Waals surface area contributed by atoms with Crippen molar-refractivity contribution in [2.24, 2.45) is 0 Å². The van der Waals surface area contributed by atoms with Crippen molar-refractivity contribution < 1.29 is 18.7 Å². The van der Waals surface area contributed by atoms with Gasteiger partial charge in [-0.15, -0.1) is 0 Å². The van der Waals surface area contributed by atoms with Crippen LogP contribution in [0.3, 0.4) is 0 Å². The second kappa shape index (κ2) is 8.27. The molecule has 2 saturated heterocycles. The van der Waals surface area contributed by atoms with Gasteiger partial charge >= 0.3 is 0 Å². The molecule has 3 heterocycles. The third kappa shape index (κ3) is 4.17. The number of benzene rings is 1. The summed E-state index contributed by atoms with van der Waals surface area (Å²) in [6.45, 7) is 2.86. The molecule has 2 bridgehead atoms. The molecule has 2 aliphatic rings. The van der Waals surface area contributed by atoms with Crippen molar-refractivity contribution in [3.8, 4) is 11.5 Å². The van der Waals surface area contributed by atoms with Crippen LogP contribution in [-0.2, 0) is 6.61 Å². The van der Waals surface area contributed by atoms with E-state index in [2.05, 4.69) is 17.3 Å². The highest BCUT2D eigenvalue weighted by atomic mass is 16.5. The smallest absolute Gasteiger partial charge is 0.287 e. The Labute approximate surface area is 165 Å². The van der Waals surface area contributed by atoms with Crippen molar-refractivity contribution in [3.63, 3.8) is 0 Å². The number of hydrogen-bond donors (Lipinski definition) is 1. The predicted molar refractivity (Wildman–Crippen MR) is 106 cm³/mol. The van der Waals surface area contributed by atoms with Gasteiger partial charge in [0.2, 0.25) is 0 Å². The van der Waals surface area contributed by atoms with E-state index >= 15 is 0 Å². The third-order valence-electron chi connectivity index (χ3n) is 5.83. The highest BCUT2D eigenvalue weighted by molar-refractivity contribution is 5.91. The Morgan fingerprint density at radius 1 is 1.07 bits per heavy atom. The lowest BCUT2D eigenvalue weighted by molar-refractivity contribution is 0.0851. The van der Waals surface area contributed by atoms with Crippen LogP contribution in [0.1, 0.15) is 48.9 Å². The van der Waals surface area contributed by atoms with Gasteiger partial charge in [-0.2, -0.15) is 0 Å². The van der Waals surface area contributed by atoms with E-state index in [4.69, 9.17) is 13.9 Å². The molecule has 150 valence electrons. The van der Waals surface area contributed by atoms with Crippen molar-refractivity contribution in [2.75, 3.05) is 13.7 Å². The van der Waals surface area contributed by atoms with Crippen molar-refractivity contribution >= 4 is 5.91 Å². The number of rotatable bonds is 7. The van der Waals surface area contributed by atoms with Crippen molar-refractivity contribution in [2.45, 2.75) is 57.3 Å². The molecule has 2 aliphatic heterocycles. The number of amides is 1. The lowest BCUT2D eigenvalue weighted by atomic mass is 9.98. The molecular weight excluding hydrogens is 356 g/mol. The van der Waals surface area contributed by atoms with Crippen LogP contribution in [0, 0.1) is 0 Å². The van der Waals surface area contributed by atoms with E-state index in [0.717, 1.165) is 24.3 Å². The Hall–Kier alpha value is -2.47. The molecule has 2 fully saturated rings. The van der Waals surface area contributed by atoms with Crippen LogP contribution in [0.25, 0.3) is 0 Å². The number of carbonyl (C=O) groups excluding carboxylic acids is 1. The van der Waals surface area contributed by atoms with E-state index in [1.807, 2.05) is 31.2 Å². The molecule has 6 nitrogen and oxygen atoms in total. The minimum absolute atomic E-state index is 0.138. The normalized spacial score (nSPS) is 24.1. The summed E-state index contributed by atoms with van der Waals surface area (Å²) in [5.74, 6) is 2.38. The first kappa shape index (κ1) is 18.9. The molecule has 1 amide bonds. The Kier molecular flexibility index (Phi) is 5.57. The van der Waals surface area contributed by atoms with Crippen molar-refractivity contribution in [1.82, 2.24) is 10.2 Å². The van der Waals surface area contributed by atoms with Gasteiger partial charge in [-0.25, -0.2) is 0 Å². The Morgan fingerprint density at radius 3 is 2.36 bits per heavy atom. The molecular formula is C22H28N2O4. The Bertz CT molecular complexity index is 787. The summed E-state index contributed by atoms with van der Waals surface area (Å²) in [5.41, 5.74) is 0. The Balaban J connectivity index is 1.28. The largest absolute Gasteiger partial charge is 0.494 e. The minimum Gasteiger partial charge on any atom is -0.494 e. The van der Waals surface area contributed by atoms with Crippen LogP contribution >= 0.6 is 0 Å². The van der Waals surface area contributed by atoms with Gasteiger partial charge in [0.25, 0.3) is 5.91 Å². The van der Waals surface area contributed by atoms with Crippen LogP contribution in [0.2, 0.25) is 0 Å². The van der Waals surface area contributed by atoms with Gasteiger partial charge in [-0.3, -0.25) is 4.79 Å². The first-order valence-electron chi connectivity index (χ1n) is 10.1. The molecule has 6 heteroatoms. The van der Waals surface area contributed by atoms with Gasteiger partial charge in [0.05, 0.1) is 6.61 Å². The zero-order valence-electron chi connectivity index (χ0n) is 16.5. The lowest BCUT2D eigenvalue weighted by Gasteiger charge is -2.36. The van der Waals surface area contributed by atoms with Crippen LogP contribution < -0.4 is 14.8 Å². The SMILES string of the molecule is CCOc1ccc(OCc2ccc(C(=O)NC3CC4CCC(C3)N4C)o2)cc1. The first-order valence-corrected chi connectivity index (χ1v) is 10.1. The number of hydrogen-bond acceptors (Lipinski definition) is 5. The topological polar surface area (TPSA) is 63.9 Å². The fourth-order valence-corrected chi connectivity index (χ4v) is 4.32. The Morgan fingerprint density at radius 2 is 1.71 bits per heavy atom. The highest BCUT2D eigenvalue weighted by Gasteiger charge is 2.39. The van der Waals surface area contributed by atoms with Crippen molar-refractivity contribution in [1.29, 1.82) is 0 Å². The maximum absolute atomic E-state index is 12.5. The summed E-state index contributed by atoms with van der Waals surface area (Å²) in [4.78, 5) is 15.0. The van der Waals surface area contributed by atoms with E-state index in [9.17, 15) is 4.79 Å². The zero-order chi connectivity index (χ0) is 19.5. The van der Waals surface area contributed by atoms with Gasteiger partial charge < -0.3 is 24.1 Å². The maximum Gasteiger partial charge on any atom is 0.287 e. The van der Waals surface area contributed by atoms with Crippen LogP contribution in [0.4, 0.5) is 0 Å². The molecule has 0 radical (unpaired) electrons. The quantitative estimate of drug-likeness (QED) is 0.790. The van der Waals surface area contributed by atoms with Crippen LogP contribution in [0.15, 0.2) is 40.8 Å². The average molecular weight is 384 g/mol. The number of furan rings is 1. The summed E-state index contributed by atoms with van der Waals surface area (Å²) in [5, 5.41) is 3.15. The van der Waals surface area contributed by atoms with Crippen LogP contribution in [0.5, 0.6) is 11.5 Å². The molecule has 0 aliphatic carbocycles. The van der Waals surface area contributed by atoms with Gasteiger partial charge in [0.15, 0.2) is 5.76 Å². The molecule has 1 aromatic carbocycles. The molecule has 28 heavy (non-hydrogen) atoms. The number of fused-ring (bicyclic) bond motifs is 2. The summed E-state index contributed by atoms with van der Waals surface area (Å²) in [6.07, 6.45) is 4.52. The van der Waals surface area contributed by atoms with Crippen molar-refractivity contribution in [3.05, 3.63) is 47.9 Å². The molecule has 2 aromatic rings. The van der Waals surface area contributed by atoms with Crippen LogP contribution in [-0.4, -0.2) is 42.6 Å². The standard InChI is InChI=1S/C22H28N2O4/c1-3-26-18-6-8-19(9-7-18)27-14-20-10-11-21(28-20)22(25)23-15-12-16-4-5-17(13-15)24(16)2/h6-11,15-17H,3-5,12-14H2,1-2H3,(H,23,25). The monoisotopic (exact) mass is 384 g/mol. The first-order chi connectivity index (χ1) is 13.6. The second-order valence-electron chi connectivity index (χ2n) is 7.65. The van der Waals surface area contributed by atoms with E-state index in [-0.39, 0.29) is 18.6 Å². The predicted octanol–water partition coefficient (Wildman–Crippen LogP) is 3.61. The zero-order valence-corrected chi connectivity index (χ0v) is 16.5. The van der Waals surface area contributed by atoms with E-state index < -0.39 is 0 Å². The number of nitrogens with one attached hydrogen (secondary N) is 1. The summed E-state index contributed by atoms with van der Waals surface area (Å²) in [7, 11) is 2.20. The van der Waals surface area contributed by atoms with Gasteiger partial charge in [-0.05, 0) is 76.1 Å². The number of carbonyl (C=O) groups is 1. The molecule has 0 saturated carbocycles. The van der Waals surface area contributed by atoms with E-state index in [1.165, 1.54) is 12.8 Å². The fraction of sp³-hybridized carbons (Fsp3) is 0.500. The molecule has 1 N–H and O–H groups in total. The minimum atomic E-state index is -0.138. The second-order valence-corrected chi connectivity index (χ2v) is 7.65. The lowest BCUT2D eigenvalue weighted by Crippen LogP contribution is -2.48. The fourth-order valence-electron chi connectivity index (χ4n) is 4.32. The molecule has 1 aromatic heterocycles. The summed E-state index contributed by atoms with van der Waals surface area (Å²) >= 11 is 0. The van der Waals surface area contributed by atoms with Gasteiger partial charge in [-0.1, -0.05) is 0 Å². The number of piperidine rings is 1. The number of ether oxygens (including phenoxy) is 2. The maximum atomic E-state index is 12.5. The number of nitrogens with zero attached hydrogens (tertiary/aromatic N) is 1. The van der Waals surface area contributed by atoms with E-state index in [0.29, 0.717) is 30.2 Å². The third-order valence-corrected chi connectivity index (χ3v) is 5.83. The summed E-state index contributed by atoms with van der Waals surface area (Å²) in [6, 6.07) is 12.4. The average Bonchev–Trinajstić information content (AvgIpc) is 3.23. The highest BCUT2D eigenvalue weighted by Crippen LogP contribution is 2.34. The van der Waals surface area contributed by atoms with E-state index in [1.54, 1.807) is 12.1 Å². The molecule has 2 unspecified atom stereocenters. The van der Waals surface area contributed by atoms with Gasteiger partial charge in [0, 0.05) is 18.1 Å². The summed E-state index contributed by atoms with van der Waals surface area (Å²) < 4.78 is 16.8. The van der Waals surface area contributed by atoms with Gasteiger partial charge in [0.1, 0.15) is 23.9 Å². The molecule has 4 rings (SSSR count).